The third-order valence-electron chi connectivity index (χ3n) is 5.71. The van der Waals surface area contributed by atoms with Crippen molar-refractivity contribution in [2.75, 3.05) is 13.2 Å². The molecule has 3 aromatic carbocycles. The van der Waals surface area contributed by atoms with E-state index in [1.807, 2.05) is 24.3 Å². The number of ether oxygens (including phenoxy) is 1. The first-order chi connectivity index (χ1) is 15.2. The van der Waals surface area contributed by atoms with Gasteiger partial charge in [-0.1, -0.05) is 41.6 Å². The minimum atomic E-state index is -0.634. The number of aliphatic hydroxyl groups excluding tert-OH is 1. The lowest BCUT2D eigenvalue weighted by atomic mass is 10.1. The Hall–Kier alpha value is -3.22. The van der Waals surface area contributed by atoms with Gasteiger partial charge in [0.25, 0.3) is 0 Å². The van der Waals surface area contributed by atoms with E-state index in [4.69, 9.17) is 9.26 Å². The number of aryl methyl sites for hydroxylation is 1. The zero-order valence-electron chi connectivity index (χ0n) is 16.9. The van der Waals surface area contributed by atoms with E-state index in [1.54, 1.807) is 6.07 Å². The van der Waals surface area contributed by atoms with Gasteiger partial charge in [0.2, 0.25) is 0 Å². The maximum atomic E-state index is 13.4. The molecule has 1 aliphatic rings. The fraction of sp³-hybridized carbons (Fsp3) is 0.240. The lowest BCUT2D eigenvalue weighted by Gasteiger charge is -2.18. The Morgan fingerprint density at radius 3 is 2.97 bits per heavy atom. The Kier molecular flexibility index (Phi) is 5.40. The molecule has 0 fully saturated rings. The number of rotatable bonds is 7. The van der Waals surface area contributed by atoms with Crippen molar-refractivity contribution >= 4 is 10.9 Å². The maximum Gasteiger partial charge on any atom is 0.174 e. The van der Waals surface area contributed by atoms with Crippen molar-refractivity contribution in [1.29, 1.82) is 0 Å². The summed E-state index contributed by atoms with van der Waals surface area (Å²) in [5.74, 6) is 0.824. The van der Waals surface area contributed by atoms with E-state index < -0.39 is 6.10 Å². The summed E-state index contributed by atoms with van der Waals surface area (Å²) < 4.78 is 24.6. The van der Waals surface area contributed by atoms with E-state index in [9.17, 15) is 9.50 Å². The number of benzene rings is 3. The maximum absolute atomic E-state index is 13.4. The molecule has 1 unspecified atom stereocenters. The van der Waals surface area contributed by atoms with E-state index in [-0.39, 0.29) is 18.5 Å². The average Bonchev–Trinajstić information content (AvgIpc) is 3.40. The molecule has 4 aromatic rings. The van der Waals surface area contributed by atoms with E-state index in [0.29, 0.717) is 23.6 Å². The largest absolute Gasteiger partial charge is 0.491 e. The van der Waals surface area contributed by atoms with Gasteiger partial charge in [-0.05, 0) is 48.2 Å². The smallest absolute Gasteiger partial charge is 0.174 e. The number of aromatic nitrogens is 1. The standard InChI is InChI=1S/C25H23FN2O3/c26-18-9-10-22-24(13-18)28-31-25(22)17-5-3-6-20(12-17)30-15-19(29)14-27-23-11-8-16-4-1-2-7-21(16)23/h1-7,9-10,12-13,19,23,27,29H,8,11,14-15H2/t19-,23?/m1/s1. The number of aliphatic hydroxyl groups is 1. The van der Waals surface area contributed by atoms with Crippen molar-refractivity contribution in [1.82, 2.24) is 10.5 Å². The molecule has 2 atom stereocenters. The summed E-state index contributed by atoms with van der Waals surface area (Å²) in [4.78, 5) is 0. The Morgan fingerprint density at radius 1 is 1.13 bits per heavy atom. The van der Waals surface area contributed by atoms with Crippen molar-refractivity contribution < 1.29 is 18.8 Å². The molecule has 1 heterocycles. The molecule has 2 N–H and O–H groups in total. The Labute approximate surface area is 179 Å². The second-order valence-electron chi connectivity index (χ2n) is 7.86. The first kappa shape index (κ1) is 19.7. The predicted octanol–water partition coefficient (Wildman–Crippen LogP) is 4.65. The van der Waals surface area contributed by atoms with Gasteiger partial charge in [-0.2, -0.15) is 0 Å². The third-order valence-corrected chi connectivity index (χ3v) is 5.71. The summed E-state index contributed by atoms with van der Waals surface area (Å²) in [7, 11) is 0. The van der Waals surface area contributed by atoms with Crippen molar-refractivity contribution in [2.24, 2.45) is 0 Å². The van der Waals surface area contributed by atoms with Crippen LogP contribution >= 0.6 is 0 Å². The summed E-state index contributed by atoms with van der Waals surface area (Å²) in [5.41, 5.74) is 3.95. The van der Waals surface area contributed by atoms with Crippen LogP contribution in [0.5, 0.6) is 5.75 Å². The number of hydrogen-bond donors (Lipinski definition) is 2. The van der Waals surface area contributed by atoms with Gasteiger partial charge in [0.15, 0.2) is 5.76 Å². The molecule has 1 aliphatic carbocycles. The molecule has 0 saturated heterocycles. The SMILES string of the molecule is O[C@H](CNC1CCc2ccccc21)COc1cccc(-c2onc3cc(F)ccc23)c1. The number of nitrogens with zero attached hydrogens (tertiary/aromatic N) is 1. The second-order valence-corrected chi connectivity index (χ2v) is 7.86. The van der Waals surface area contributed by atoms with Gasteiger partial charge in [0.05, 0.1) is 0 Å². The lowest BCUT2D eigenvalue weighted by molar-refractivity contribution is 0.103. The van der Waals surface area contributed by atoms with Crippen molar-refractivity contribution in [3.8, 4) is 17.1 Å². The normalized spacial score (nSPS) is 16.4. The molecule has 0 saturated carbocycles. The lowest BCUT2D eigenvalue weighted by Crippen LogP contribution is -2.33. The number of nitrogens with one attached hydrogen (secondary N) is 1. The minimum absolute atomic E-state index is 0.174. The van der Waals surface area contributed by atoms with Crippen LogP contribution in [-0.4, -0.2) is 29.5 Å². The molecule has 158 valence electrons. The van der Waals surface area contributed by atoms with Crippen LogP contribution in [0.3, 0.4) is 0 Å². The van der Waals surface area contributed by atoms with Crippen molar-refractivity contribution in [3.05, 3.63) is 83.7 Å². The molecule has 0 spiro atoms. The summed E-state index contributed by atoms with van der Waals surface area (Å²) in [6.45, 7) is 0.629. The monoisotopic (exact) mass is 418 g/mol. The van der Waals surface area contributed by atoms with Gasteiger partial charge < -0.3 is 19.7 Å². The molecule has 1 aromatic heterocycles. The number of hydrogen-bond acceptors (Lipinski definition) is 5. The molecular weight excluding hydrogens is 395 g/mol. The first-order valence-electron chi connectivity index (χ1n) is 10.4. The van der Waals surface area contributed by atoms with Gasteiger partial charge in [-0.15, -0.1) is 0 Å². The minimum Gasteiger partial charge on any atom is -0.491 e. The van der Waals surface area contributed by atoms with Crippen molar-refractivity contribution in [3.63, 3.8) is 0 Å². The molecule has 0 bridgehead atoms. The zero-order chi connectivity index (χ0) is 21.2. The number of halogens is 1. The van der Waals surface area contributed by atoms with Crippen molar-refractivity contribution in [2.45, 2.75) is 25.0 Å². The molecule has 31 heavy (non-hydrogen) atoms. The summed E-state index contributed by atoms with van der Waals surface area (Å²) in [6, 6.07) is 20.5. The van der Waals surface area contributed by atoms with Crippen LogP contribution in [0.25, 0.3) is 22.2 Å². The van der Waals surface area contributed by atoms with Gasteiger partial charge in [-0.3, -0.25) is 0 Å². The van der Waals surface area contributed by atoms with Crippen LogP contribution < -0.4 is 10.1 Å². The molecule has 6 heteroatoms. The van der Waals surface area contributed by atoms with Crippen LogP contribution in [0.4, 0.5) is 4.39 Å². The first-order valence-corrected chi connectivity index (χ1v) is 10.4. The van der Waals surface area contributed by atoms with Gasteiger partial charge in [0, 0.05) is 29.6 Å². The third kappa shape index (κ3) is 4.17. The molecular formula is C25H23FN2O3. The second kappa shape index (κ2) is 8.49. The Balaban J connectivity index is 1.20. The quantitative estimate of drug-likeness (QED) is 0.457. The van der Waals surface area contributed by atoms with Gasteiger partial charge >= 0.3 is 0 Å². The highest BCUT2D eigenvalue weighted by molar-refractivity contribution is 5.91. The van der Waals surface area contributed by atoms with Gasteiger partial charge in [0.1, 0.15) is 29.8 Å². The fourth-order valence-corrected chi connectivity index (χ4v) is 4.15. The summed E-state index contributed by atoms with van der Waals surface area (Å²) in [5, 5.41) is 18.5. The summed E-state index contributed by atoms with van der Waals surface area (Å²) >= 11 is 0. The average molecular weight is 418 g/mol. The molecule has 0 aliphatic heterocycles. The molecule has 0 amide bonds. The predicted molar refractivity (Wildman–Crippen MR) is 116 cm³/mol. The van der Waals surface area contributed by atoms with Crippen LogP contribution in [0.2, 0.25) is 0 Å². The fourth-order valence-electron chi connectivity index (χ4n) is 4.15. The van der Waals surface area contributed by atoms with E-state index >= 15 is 0 Å². The Bertz CT molecular complexity index is 1210. The van der Waals surface area contributed by atoms with E-state index in [2.05, 4.69) is 34.7 Å². The van der Waals surface area contributed by atoms with Crippen LogP contribution in [0.15, 0.2) is 71.3 Å². The van der Waals surface area contributed by atoms with E-state index in [0.717, 1.165) is 23.8 Å². The van der Waals surface area contributed by atoms with Gasteiger partial charge in [-0.25, -0.2) is 4.39 Å². The molecule has 5 nitrogen and oxygen atoms in total. The van der Waals surface area contributed by atoms with Crippen LogP contribution in [0.1, 0.15) is 23.6 Å². The summed E-state index contributed by atoms with van der Waals surface area (Å²) in [6.07, 6.45) is 1.48. The molecule has 0 radical (unpaired) electrons. The zero-order valence-corrected chi connectivity index (χ0v) is 16.9. The highest BCUT2D eigenvalue weighted by Crippen LogP contribution is 2.32. The van der Waals surface area contributed by atoms with E-state index in [1.165, 1.54) is 23.3 Å². The highest BCUT2D eigenvalue weighted by atomic mass is 19.1. The van der Waals surface area contributed by atoms with Crippen LogP contribution in [-0.2, 0) is 6.42 Å². The Morgan fingerprint density at radius 2 is 2.03 bits per heavy atom. The molecule has 5 rings (SSSR count). The van der Waals surface area contributed by atoms with Crippen LogP contribution in [0, 0.1) is 5.82 Å². The number of fused-ring (bicyclic) bond motifs is 2. The highest BCUT2D eigenvalue weighted by Gasteiger charge is 2.22. The topological polar surface area (TPSA) is 67.5 Å².